The molecule has 2 aromatic rings. The van der Waals surface area contributed by atoms with E-state index < -0.39 is 0 Å². The van der Waals surface area contributed by atoms with E-state index in [0.29, 0.717) is 6.61 Å². The fourth-order valence-corrected chi connectivity index (χ4v) is 1.58. The van der Waals surface area contributed by atoms with Crippen LogP contribution in [0, 0.1) is 0 Å². The van der Waals surface area contributed by atoms with Crippen LogP contribution in [0.1, 0.15) is 5.56 Å². The third-order valence-electron chi connectivity index (χ3n) is 2.41. The Kier molecular flexibility index (Phi) is 4.23. The van der Waals surface area contributed by atoms with Crippen LogP contribution in [0.2, 0.25) is 0 Å². The summed E-state index contributed by atoms with van der Waals surface area (Å²) >= 11 is 0. The standard InChI is InChI=1S/C12H16N4O/c1-17-8-6-13-9-11-3-2-4-15-12(11)16-7-5-14-10-16/h2-5,7,10,13H,6,8-9H2,1H3. The summed E-state index contributed by atoms with van der Waals surface area (Å²) in [5.41, 5.74) is 1.14. The molecule has 5 heteroatoms. The van der Waals surface area contributed by atoms with Crippen molar-refractivity contribution in [2.24, 2.45) is 0 Å². The minimum Gasteiger partial charge on any atom is -0.383 e. The largest absolute Gasteiger partial charge is 0.383 e. The lowest BCUT2D eigenvalue weighted by atomic mass is 10.2. The highest BCUT2D eigenvalue weighted by Crippen LogP contribution is 2.10. The normalized spacial score (nSPS) is 10.6. The molecule has 0 aliphatic rings. The van der Waals surface area contributed by atoms with Gasteiger partial charge in [-0.15, -0.1) is 0 Å². The maximum absolute atomic E-state index is 4.99. The third kappa shape index (κ3) is 3.12. The second kappa shape index (κ2) is 6.12. The molecule has 0 aromatic carbocycles. The van der Waals surface area contributed by atoms with Gasteiger partial charge in [-0.3, -0.25) is 4.57 Å². The molecule has 0 saturated carbocycles. The molecule has 0 fully saturated rings. The summed E-state index contributed by atoms with van der Waals surface area (Å²) in [5, 5.41) is 3.31. The Morgan fingerprint density at radius 3 is 3.12 bits per heavy atom. The topological polar surface area (TPSA) is 52.0 Å². The number of nitrogens with one attached hydrogen (secondary N) is 1. The average Bonchev–Trinajstić information content (AvgIpc) is 2.89. The summed E-state index contributed by atoms with van der Waals surface area (Å²) in [7, 11) is 1.70. The molecule has 0 unspecified atom stereocenters. The lowest BCUT2D eigenvalue weighted by molar-refractivity contribution is 0.199. The lowest BCUT2D eigenvalue weighted by Gasteiger charge is -2.09. The first-order chi connectivity index (χ1) is 8.42. The Morgan fingerprint density at radius 1 is 1.41 bits per heavy atom. The number of ether oxygens (including phenoxy) is 1. The molecule has 2 rings (SSSR count). The predicted octanol–water partition coefficient (Wildman–Crippen LogP) is 1.00. The van der Waals surface area contributed by atoms with Crippen LogP contribution in [0.15, 0.2) is 37.1 Å². The average molecular weight is 232 g/mol. The maximum atomic E-state index is 4.99. The second-order valence-electron chi connectivity index (χ2n) is 3.63. The van der Waals surface area contributed by atoms with Gasteiger partial charge in [-0.2, -0.15) is 0 Å². The fourth-order valence-electron chi connectivity index (χ4n) is 1.58. The summed E-state index contributed by atoms with van der Waals surface area (Å²) in [6.07, 6.45) is 7.17. The predicted molar refractivity (Wildman–Crippen MR) is 64.9 cm³/mol. The van der Waals surface area contributed by atoms with Crippen molar-refractivity contribution in [3.63, 3.8) is 0 Å². The van der Waals surface area contributed by atoms with Gasteiger partial charge >= 0.3 is 0 Å². The molecular formula is C12H16N4O. The number of nitrogens with zero attached hydrogens (tertiary/aromatic N) is 3. The highest BCUT2D eigenvalue weighted by atomic mass is 16.5. The molecule has 1 N–H and O–H groups in total. The second-order valence-corrected chi connectivity index (χ2v) is 3.63. The maximum Gasteiger partial charge on any atom is 0.142 e. The Labute approximate surface area is 100 Å². The first-order valence-electron chi connectivity index (χ1n) is 5.53. The van der Waals surface area contributed by atoms with Crippen molar-refractivity contribution in [3.05, 3.63) is 42.6 Å². The zero-order valence-electron chi connectivity index (χ0n) is 9.84. The van der Waals surface area contributed by atoms with Crippen molar-refractivity contribution < 1.29 is 4.74 Å². The van der Waals surface area contributed by atoms with E-state index in [0.717, 1.165) is 24.5 Å². The van der Waals surface area contributed by atoms with Crippen LogP contribution in [0.25, 0.3) is 5.82 Å². The monoisotopic (exact) mass is 232 g/mol. The van der Waals surface area contributed by atoms with E-state index in [1.165, 1.54) is 0 Å². The summed E-state index contributed by atoms with van der Waals surface area (Å²) < 4.78 is 6.90. The van der Waals surface area contributed by atoms with E-state index in [2.05, 4.69) is 21.4 Å². The summed E-state index contributed by atoms with van der Waals surface area (Å²) in [5.74, 6) is 0.912. The molecule has 0 saturated heterocycles. The van der Waals surface area contributed by atoms with Gasteiger partial charge < -0.3 is 10.1 Å². The zero-order valence-corrected chi connectivity index (χ0v) is 9.84. The Hall–Kier alpha value is -1.72. The molecule has 0 atom stereocenters. The minimum absolute atomic E-state index is 0.709. The van der Waals surface area contributed by atoms with Gasteiger partial charge in [0.15, 0.2) is 0 Å². The van der Waals surface area contributed by atoms with Crippen molar-refractivity contribution in [1.29, 1.82) is 0 Å². The fraction of sp³-hybridized carbons (Fsp3) is 0.333. The van der Waals surface area contributed by atoms with E-state index in [-0.39, 0.29) is 0 Å². The van der Waals surface area contributed by atoms with Crippen molar-refractivity contribution in [2.45, 2.75) is 6.54 Å². The first kappa shape index (κ1) is 11.8. The van der Waals surface area contributed by atoms with Gasteiger partial charge in [-0.25, -0.2) is 9.97 Å². The molecule has 90 valence electrons. The zero-order chi connectivity index (χ0) is 11.9. The van der Waals surface area contributed by atoms with E-state index in [9.17, 15) is 0 Å². The van der Waals surface area contributed by atoms with Crippen LogP contribution < -0.4 is 5.32 Å². The van der Waals surface area contributed by atoms with Crippen LogP contribution in [-0.4, -0.2) is 34.8 Å². The number of imidazole rings is 1. The number of hydrogen-bond acceptors (Lipinski definition) is 4. The summed E-state index contributed by atoms with van der Waals surface area (Å²) in [6.45, 7) is 2.31. The molecule has 17 heavy (non-hydrogen) atoms. The van der Waals surface area contributed by atoms with Crippen molar-refractivity contribution in [3.8, 4) is 5.82 Å². The Morgan fingerprint density at radius 2 is 2.35 bits per heavy atom. The summed E-state index contributed by atoms with van der Waals surface area (Å²) in [4.78, 5) is 8.40. The van der Waals surface area contributed by atoms with Crippen LogP contribution in [0.5, 0.6) is 0 Å². The van der Waals surface area contributed by atoms with Crippen LogP contribution >= 0.6 is 0 Å². The minimum atomic E-state index is 0.709. The number of pyridine rings is 1. The first-order valence-corrected chi connectivity index (χ1v) is 5.53. The molecule has 2 heterocycles. The Bertz CT molecular complexity index is 442. The number of rotatable bonds is 6. The summed E-state index contributed by atoms with van der Waals surface area (Å²) in [6, 6.07) is 4.00. The molecular weight excluding hydrogens is 216 g/mol. The number of methoxy groups -OCH3 is 1. The smallest absolute Gasteiger partial charge is 0.142 e. The van der Waals surface area contributed by atoms with Crippen molar-refractivity contribution in [2.75, 3.05) is 20.3 Å². The van der Waals surface area contributed by atoms with Gasteiger partial charge in [0.25, 0.3) is 0 Å². The molecule has 0 spiro atoms. The molecule has 0 amide bonds. The van der Waals surface area contributed by atoms with Crippen LogP contribution in [0.3, 0.4) is 0 Å². The third-order valence-corrected chi connectivity index (χ3v) is 2.41. The SMILES string of the molecule is COCCNCc1cccnc1-n1ccnc1. The highest BCUT2D eigenvalue weighted by molar-refractivity contribution is 5.33. The number of hydrogen-bond donors (Lipinski definition) is 1. The van der Waals surface area contributed by atoms with E-state index in [1.54, 1.807) is 25.8 Å². The highest BCUT2D eigenvalue weighted by Gasteiger charge is 2.04. The van der Waals surface area contributed by atoms with Crippen molar-refractivity contribution >= 4 is 0 Å². The molecule has 0 radical (unpaired) electrons. The molecule has 2 aromatic heterocycles. The van der Waals surface area contributed by atoms with E-state index in [4.69, 9.17) is 4.74 Å². The van der Waals surface area contributed by atoms with Crippen molar-refractivity contribution in [1.82, 2.24) is 19.9 Å². The van der Waals surface area contributed by atoms with Gasteiger partial charge in [0, 0.05) is 44.4 Å². The van der Waals surface area contributed by atoms with Gasteiger partial charge in [-0.1, -0.05) is 6.07 Å². The molecule has 0 bridgehead atoms. The van der Waals surface area contributed by atoms with Crippen LogP contribution in [-0.2, 0) is 11.3 Å². The van der Waals surface area contributed by atoms with Gasteiger partial charge in [0.05, 0.1) is 6.61 Å². The quantitative estimate of drug-likeness (QED) is 0.755. The Balaban J connectivity index is 2.06. The number of aromatic nitrogens is 3. The molecule has 0 aliphatic carbocycles. The van der Waals surface area contributed by atoms with E-state index in [1.807, 2.05) is 16.8 Å². The van der Waals surface area contributed by atoms with Gasteiger partial charge in [0.1, 0.15) is 12.1 Å². The molecule has 5 nitrogen and oxygen atoms in total. The van der Waals surface area contributed by atoms with Crippen LogP contribution in [0.4, 0.5) is 0 Å². The molecule has 0 aliphatic heterocycles. The van der Waals surface area contributed by atoms with Gasteiger partial charge in [0.2, 0.25) is 0 Å². The van der Waals surface area contributed by atoms with Gasteiger partial charge in [-0.05, 0) is 6.07 Å². The van der Waals surface area contributed by atoms with E-state index >= 15 is 0 Å². The lowest BCUT2D eigenvalue weighted by Crippen LogP contribution is -2.19.